The van der Waals surface area contributed by atoms with Gasteiger partial charge in [0.25, 0.3) is 0 Å². The van der Waals surface area contributed by atoms with Gasteiger partial charge in [-0.2, -0.15) is 0 Å². The Morgan fingerprint density at radius 1 is 1.10 bits per heavy atom. The molecule has 1 aliphatic rings. The number of nitrogens with zero attached hydrogens (tertiary/aromatic N) is 2. The molecule has 2 aromatic carbocycles. The molecule has 0 spiro atoms. The highest BCUT2D eigenvalue weighted by atomic mass is 19.1. The van der Waals surface area contributed by atoms with E-state index in [0.717, 1.165) is 44.5 Å². The van der Waals surface area contributed by atoms with E-state index in [-0.39, 0.29) is 18.0 Å². The summed E-state index contributed by atoms with van der Waals surface area (Å²) in [5.74, 6) is -0.552. The second kappa shape index (κ2) is 10.00. The maximum Gasteiger partial charge on any atom is 0.234 e. The monoisotopic (exact) mass is 417 g/mol. The third kappa shape index (κ3) is 5.77. The highest BCUT2D eigenvalue weighted by Gasteiger charge is 2.21. The van der Waals surface area contributed by atoms with Crippen LogP contribution in [-0.2, 0) is 11.3 Å². The van der Waals surface area contributed by atoms with Gasteiger partial charge in [-0.05, 0) is 26.0 Å². The molecule has 1 N–H and O–H groups in total. The first-order chi connectivity index (χ1) is 14.4. The van der Waals surface area contributed by atoms with E-state index in [9.17, 15) is 13.6 Å². The Morgan fingerprint density at radius 2 is 1.80 bits per heavy atom. The highest BCUT2D eigenvalue weighted by Crippen LogP contribution is 2.22. The number of piperazine rings is 1. The van der Waals surface area contributed by atoms with Gasteiger partial charge in [0.05, 0.1) is 19.7 Å². The van der Waals surface area contributed by atoms with Crippen LogP contribution in [0.4, 0.5) is 8.78 Å². The quantitative estimate of drug-likeness (QED) is 0.751. The molecule has 2 aromatic rings. The lowest BCUT2D eigenvalue weighted by atomic mass is 10.1. The molecule has 1 saturated heterocycles. The first-order valence-corrected chi connectivity index (χ1v) is 10.2. The van der Waals surface area contributed by atoms with Gasteiger partial charge in [0, 0.05) is 49.9 Å². The third-order valence-electron chi connectivity index (χ3n) is 5.47. The normalized spacial score (nSPS) is 16.3. The first-order valence-electron chi connectivity index (χ1n) is 10.2. The number of halogens is 2. The number of aryl methyl sites for hydroxylation is 1. The van der Waals surface area contributed by atoms with Gasteiger partial charge < -0.3 is 10.1 Å². The van der Waals surface area contributed by atoms with Crippen LogP contribution in [0.2, 0.25) is 0 Å². The van der Waals surface area contributed by atoms with Gasteiger partial charge in [0.15, 0.2) is 0 Å². The number of hydrogen-bond acceptors (Lipinski definition) is 4. The van der Waals surface area contributed by atoms with Gasteiger partial charge in [-0.15, -0.1) is 0 Å². The number of nitrogens with one attached hydrogen (secondary N) is 1. The minimum atomic E-state index is -0.650. The van der Waals surface area contributed by atoms with Crippen LogP contribution in [0.25, 0.3) is 0 Å². The van der Waals surface area contributed by atoms with E-state index in [1.807, 2.05) is 12.1 Å². The van der Waals surface area contributed by atoms with Crippen molar-refractivity contribution in [1.82, 2.24) is 15.1 Å². The predicted molar refractivity (Wildman–Crippen MR) is 112 cm³/mol. The van der Waals surface area contributed by atoms with Crippen LogP contribution >= 0.6 is 0 Å². The number of ether oxygens (including phenoxy) is 1. The van der Waals surface area contributed by atoms with Crippen LogP contribution in [0.15, 0.2) is 36.4 Å². The number of hydrogen-bond donors (Lipinski definition) is 1. The van der Waals surface area contributed by atoms with E-state index in [2.05, 4.69) is 28.1 Å². The summed E-state index contributed by atoms with van der Waals surface area (Å²) in [5, 5.41) is 2.80. The number of benzene rings is 2. The van der Waals surface area contributed by atoms with Crippen LogP contribution in [0, 0.1) is 18.6 Å². The molecule has 5 nitrogen and oxygen atoms in total. The molecule has 3 rings (SSSR count). The van der Waals surface area contributed by atoms with Crippen molar-refractivity contribution in [3.05, 3.63) is 64.7 Å². The van der Waals surface area contributed by atoms with E-state index in [4.69, 9.17) is 4.74 Å². The van der Waals surface area contributed by atoms with Crippen molar-refractivity contribution >= 4 is 5.91 Å². The van der Waals surface area contributed by atoms with Crippen molar-refractivity contribution in [1.29, 1.82) is 0 Å². The lowest BCUT2D eigenvalue weighted by molar-refractivity contribution is -0.123. The van der Waals surface area contributed by atoms with Crippen molar-refractivity contribution in [2.75, 3.05) is 39.8 Å². The molecule has 1 atom stereocenters. The zero-order chi connectivity index (χ0) is 21.7. The summed E-state index contributed by atoms with van der Waals surface area (Å²) in [6.45, 7) is 8.10. The van der Waals surface area contributed by atoms with Crippen molar-refractivity contribution in [3.63, 3.8) is 0 Å². The average Bonchev–Trinajstić information content (AvgIpc) is 2.69. The molecule has 0 aromatic heterocycles. The lowest BCUT2D eigenvalue weighted by Gasteiger charge is -2.34. The van der Waals surface area contributed by atoms with Gasteiger partial charge in [-0.1, -0.05) is 23.8 Å². The average molecular weight is 418 g/mol. The van der Waals surface area contributed by atoms with Gasteiger partial charge in [-0.3, -0.25) is 14.6 Å². The Labute approximate surface area is 176 Å². The van der Waals surface area contributed by atoms with Crippen molar-refractivity contribution in [3.8, 4) is 5.75 Å². The standard InChI is InChI=1S/C23H29F2N3O2/c1-16-4-7-22(30-3)18(12-16)14-27-8-10-28(11-9-27)15-23(29)26-17(2)20-6-5-19(24)13-21(20)25/h4-7,12-13,17H,8-11,14-15H2,1-3H3,(H,26,29)/t17-/m1/s1. The summed E-state index contributed by atoms with van der Waals surface area (Å²) in [7, 11) is 1.68. The van der Waals surface area contributed by atoms with Crippen molar-refractivity contribution in [2.45, 2.75) is 26.4 Å². The van der Waals surface area contributed by atoms with Gasteiger partial charge in [0.1, 0.15) is 17.4 Å². The largest absolute Gasteiger partial charge is 0.496 e. The highest BCUT2D eigenvalue weighted by molar-refractivity contribution is 5.78. The van der Waals surface area contributed by atoms with Crippen LogP contribution < -0.4 is 10.1 Å². The number of rotatable bonds is 7. The SMILES string of the molecule is COc1ccc(C)cc1CN1CCN(CC(=O)N[C@H](C)c2ccc(F)cc2F)CC1. The Hall–Kier alpha value is -2.51. The molecular weight excluding hydrogens is 388 g/mol. The smallest absolute Gasteiger partial charge is 0.234 e. The summed E-state index contributed by atoms with van der Waals surface area (Å²) in [5.41, 5.74) is 2.65. The molecule has 0 saturated carbocycles. The van der Waals surface area contributed by atoms with Crippen molar-refractivity contribution in [2.24, 2.45) is 0 Å². The summed E-state index contributed by atoms with van der Waals surface area (Å²) in [6.07, 6.45) is 0. The molecule has 0 bridgehead atoms. The maximum absolute atomic E-state index is 13.9. The van der Waals surface area contributed by atoms with Crippen LogP contribution in [0.1, 0.15) is 29.7 Å². The Morgan fingerprint density at radius 3 is 2.47 bits per heavy atom. The Balaban J connectivity index is 1.47. The molecule has 30 heavy (non-hydrogen) atoms. The molecule has 1 aliphatic heterocycles. The van der Waals surface area contributed by atoms with E-state index >= 15 is 0 Å². The first kappa shape index (κ1) is 22.2. The predicted octanol–water partition coefficient (Wildman–Crippen LogP) is 3.28. The number of carbonyl (C=O) groups is 1. The fourth-order valence-corrected chi connectivity index (χ4v) is 3.80. The second-order valence-electron chi connectivity index (χ2n) is 7.82. The van der Waals surface area contributed by atoms with Crippen LogP contribution in [-0.4, -0.2) is 55.5 Å². The number of amides is 1. The zero-order valence-corrected chi connectivity index (χ0v) is 17.8. The molecule has 162 valence electrons. The number of methoxy groups -OCH3 is 1. The van der Waals surface area contributed by atoms with E-state index in [1.54, 1.807) is 14.0 Å². The topological polar surface area (TPSA) is 44.8 Å². The molecule has 1 fully saturated rings. The molecule has 0 radical (unpaired) electrons. The summed E-state index contributed by atoms with van der Waals surface area (Å²) in [6, 6.07) is 9.06. The number of carbonyl (C=O) groups excluding carboxylic acids is 1. The molecule has 1 amide bonds. The molecule has 0 aliphatic carbocycles. The van der Waals surface area contributed by atoms with E-state index in [1.165, 1.54) is 23.3 Å². The van der Waals surface area contributed by atoms with E-state index in [0.29, 0.717) is 0 Å². The molecule has 0 unspecified atom stereocenters. The fourth-order valence-electron chi connectivity index (χ4n) is 3.80. The van der Waals surface area contributed by atoms with Crippen molar-refractivity contribution < 1.29 is 18.3 Å². The molecule has 7 heteroatoms. The van der Waals surface area contributed by atoms with E-state index < -0.39 is 17.7 Å². The van der Waals surface area contributed by atoms with Gasteiger partial charge in [-0.25, -0.2) is 8.78 Å². The minimum absolute atomic E-state index is 0.167. The van der Waals surface area contributed by atoms with Crippen LogP contribution in [0.3, 0.4) is 0 Å². The minimum Gasteiger partial charge on any atom is -0.496 e. The van der Waals surface area contributed by atoms with Crippen LogP contribution in [0.5, 0.6) is 5.75 Å². The second-order valence-corrected chi connectivity index (χ2v) is 7.82. The molecular formula is C23H29F2N3O2. The zero-order valence-electron chi connectivity index (χ0n) is 17.8. The third-order valence-corrected chi connectivity index (χ3v) is 5.47. The maximum atomic E-state index is 13.9. The summed E-state index contributed by atoms with van der Waals surface area (Å²) in [4.78, 5) is 16.8. The summed E-state index contributed by atoms with van der Waals surface area (Å²) >= 11 is 0. The molecule has 1 heterocycles. The summed E-state index contributed by atoms with van der Waals surface area (Å²) < 4.78 is 32.4. The van der Waals surface area contributed by atoms with Gasteiger partial charge >= 0.3 is 0 Å². The Bertz CT molecular complexity index is 883. The fraction of sp³-hybridized carbons (Fsp3) is 0.435. The van der Waals surface area contributed by atoms with Gasteiger partial charge in [0.2, 0.25) is 5.91 Å². The lowest BCUT2D eigenvalue weighted by Crippen LogP contribution is -2.49. The Kier molecular flexibility index (Phi) is 7.39.